The molecule has 0 radical (unpaired) electrons. The molecule has 1 atom stereocenters. The van der Waals surface area contributed by atoms with Crippen LogP contribution in [0.1, 0.15) is 25.1 Å². The third kappa shape index (κ3) is 1.88. The number of anilines is 1. The number of aliphatic hydroxyl groups is 1. The van der Waals surface area contributed by atoms with E-state index in [0.29, 0.717) is 12.1 Å². The van der Waals surface area contributed by atoms with Crippen molar-refractivity contribution in [1.29, 1.82) is 0 Å². The van der Waals surface area contributed by atoms with Gasteiger partial charge >= 0.3 is 0 Å². The van der Waals surface area contributed by atoms with E-state index in [2.05, 4.69) is 9.97 Å². The Morgan fingerprint density at radius 1 is 1.73 bits per heavy atom. The molecule has 1 rings (SSSR count). The second-order valence-electron chi connectivity index (χ2n) is 2.26. The first kappa shape index (κ1) is 7.94. The zero-order valence-electron chi connectivity index (χ0n) is 6.36. The Hall–Kier alpha value is -1.16. The van der Waals surface area contributed by atoms with Gasteiger partial charge in [0, 0.05) is 6.20 Å². The number of nitrogens with two attached hydrogens (primary N) is 1. The van der Waals surface area contributed by atoms with E-state index in [0.717, 1.165) is 0 Å². The van der Waals surface area contributed by atoms with Crippen molar-refractivity contribution in [3.05, 3.63) is 18.0 Å². The highest BCUT2D eigenvalue weighted by molar-refractivity contribution is 5.18. The molecule has 0 bridgehead atoms. The van der Waals surface area contributed by atoms with Crippen molar-refractivity contribution in [2.45, 2.75) is 19.4 Å². The van der Waals surface area contributed by atoms with Crippen molar-refractivity contribution >= 4 is 5.95 Å². The molecule has 1 heterocycles. The van der Waals surface area contributed by atoms with Gasteiger partial charge < -0.3 is 10.8 Å². The highest BCUT2D eigenvalue weighted by Crippen LogP contribution is 2.12. The molecule has 0 fully saturated rings. The molecule has 0 amide bonds. The minimum Gasteiger partial charge on any atom is -0.387 e. The quantitative estimate of drug-likeness (QED) is 0.649. The Morgan fingerprint density at radius 2 is 2.45 bits per heavy atom. The maximum Gasteiger partial charge on any atom is 0.220 e. The van der Waals surface area contributed by atoms with Gasteiger partial charge in [0.05, 0.1) is 11.8 Å². The van der Waals surface area contributed by atoms with Crippen LogP contribution in [-0.2, 0) is 0 Å². The molecule has 1 unspecified atom stereocenters. The SMILES string of the molecule is CCC(O)c1ccnc(N)n1. The predicted molar refractivity (Wildman–Crippen MR) is 41.7 cm³/mol. The summed E-state index contributed by atoms with van der Waals surface area (Å²) in [6.45, 7) is 1.88. The summed E-state index contributed by atoms with van der Waals surface area (Å²) in [5.74, 6) is 0.204. The summed E-state index contributed by atoms with van der Waals surface area (Å²) in [4.78, 5) is 7.57. The van der Waals surface area contributed by atoms with Crippen LogP contribution in [0.25, 0.3) is 0 Å². The second kappa shape index (κ2) is 3.30. The zero-order valence-corrected chi connectivity index (χ0v) is 6.36. The number of nitrogen functional groups attached to an aromatic ring is 1. The highest BCUT2D eigenvalue weighted by Gasteiger charge is 2.05. The van der Waals surface area contributed by atoms with Crippen molar-refractivity contribution in [1.82, 2.24) is 9.97 Å². The van der Waals surface area contributed by atoms with Crippen LogP contribution >= 0.6 is 0 Å². The number of aliphatic hydroxyl groups excluding tert-OH is 1. The minimum absolute atomic E-state index is 0.204. The van der Waals surface area contributed by atoms with Crippen LogP contribution in [0, 0.1) is 0 Å². The van der Waals surface area contributed by atoms with E-state index >= 15 is 0 Å². The van der Waals surface area contributed by atoms with E-state index in [1.165, 1.54) is 6.20 Å². The molecule has 0 aliphatic heterocycles. The normalized spacial score (nSPS) is 12.9. The number of rotatable bonds is 2. The van der Waals surface area contributed by atoms with Crippen molar-refractivity contribution in [3.8, 4) is 0 Å². The summed E-state index contributed by atoms with van der Waals surface area (Å²) in [6, 6.07) is 1.66. The molecule has 4 heteroatoms. The molecule has 1 aromatic rings. The summed E-state index contributed by atoms with van der Waals surface area (Å²) in [5.41, 5.74) is 5.90. The number of hydrogen-bond acceptors (Lipinski definition) is 4. The lowest BCUT2D eigenvalue weighted by Crippen LogP contribution is -2.02. The van der Waals surface area contributed by atoms with Gasteiger partial charge in [-0.2, -0.15) is 0 Å². The van der Waals surface area contributed by atoms with Crippen LogP contribution in [0.3, 0.4) is 0 Å². The van der Waals surface area contributed by atoms with Crippen molar-refractivity contribution in [3.63, 3.8) is 0 Å². The van der Waals surface area contributed by atoms with E-state index < -0.39 is 6.10 Å². The van der Waals surface area contributed by atoms with Crippen LogP contribution in [0.4, 0.5) is 5.95 Å². The van der Waals surface area contributed by atoms with Gasteiger partial charge in [-0.3, -0.25) is 0 Å². The monoisotopic (exact) mass is 153 g/mol. The molecule has 1 aromatic heterocycles. The summed E-state index contributed by atoms with van der Waals surface area (Å²) < 4.78 is 0. The van der Waals surface area contributed by atoms with Gasteiger partial charge in [0.2, 0.25) is 5.95 Å². The van der Waals surface area contributed by atoms with Crippen LogP contribution in [-0.4, -0.2) is 15.1 Å². The Kier molecular flexibility index (Phi) is 2.38. The number of hydrogen-bond donors (Lipinski definition) is 2. The first-order valence-corrected chi connectivity index (χ1v) is 3.50. The number of nitrogens with zero attached hydrogens (tertiary/aromatic N) is 2. The zero-order chi connectivity index (χ0) is 8.27. The average molecular weight is 153 g/mol. The first-order valence-electron chi connectivity index (χ1n) is 3.50. The molecule has 3 N–H and O–H groups in total. The van der Waals surface area contributed by atoms with E-state index in [4.69, 9.17) is 5.73 Å². The number of aromatic nitrogens is 2. The van der Waals surface area contributed by atoms with E-state index in [9.17, 15) is 5.11 Å². The Balaban J connectivity index is 2.86. The first-order chi connectivity index (χ1) is 5.24. The lowest BCUT2D eigenvalue weighted by Gasteiger charge is -2.05. The second-order valence-corrected chi connectivity index (χ2v) is 2.26. The molecule has 60 valence electrons. The van der Waals surface area contributed by atoms with Crippen molar-refractivity contribution < 1.29 is 5.11 Å². The van der Waals surface area contributed by atoms with Gasteiger partial charge in [0.1, 0.15) is 0 Å². The van der Waals surface area contributed by atoms with Gasteiger partial charge in [-0.1, -0.05) is 6.92 Å². The van der Waals surface area contributed by atoms with Gasteiger partial charge in [0.15, 0.2) is 0 Å². The molecule has 0 aromatic carbocycles. The summed E-state index contributed by atoms with van der Waals surface area (Å²) in [5, 5.41) is 9.31. The molecule has 0 spiro atoms. The molecule has 0 aliphatic carbocycles. The van der Waals surface area contributed by atoms with Crippen LogP contribution in [0.2, 0.25) is 0 Å². The maximum atomic E-state index is 9.31. The van der Waals surface area contributed by atoms with Gasteiger partial charge in [-0.05, 0) is 12.5 Å². The largest absolute Gasteiger partial charge is 0.387 e. The van der Waals surface area contributed by atoms with Crippen LogP contribution in [0.15, 0.2) is 12.3 Å². The Labute approximate surface area is 65.1 Å². The van der Waals surface area contributed by atoms with E-state index in [1.54, 1.807) is 6.07 Å². The summed E-state index contributed by atoms with van der Waals surface area (Å²) >= 11 is 0. The van der Waals surface area contributed by atoms with Crippen molar-refractivity contribution in [2.24, 2.45) is 0 Å². The molecule has 0 aliphatic rings. The van der Waals surface area contributed by atoms with Gasteiger partial charge in [0.25, 0.3) is 0 Å². The highest BCUT2D eigenvalue weighted by atomic mass is 16.3. The molecule has 4 nitrogen and oxygen atoms in total. The molecular weight excluding hydrogens is 142 g/mol. The third-order valence-electron chi connectivity index (χ3n) is 1.42. The fourth-order valence-electron chi connectivity index (χ4n) is 0.783. The fourth-order valence-corrected chi connectivity index (χ4v) is 0.783. The van der Waals surface area contributed by atoms with E-state index in [1.807, 2.05) is 6.92 Å². The fraction of sp³-hybridized carbons (Fsp3) is 0.429. The standard InChI is InChI=1S/C7H11N3O/c1-2-6(11)5-3-4-9-7(8)10-5/h3-4,6,11H,2H2,1H3,(H2,8,9,10). The topological polar surface area (TPSA) is 72.0 Å². The smallest absolute Gasteiger partial charge is 0.220 e. The van der Waals surface area contributed by atoms with E-state index in [-0.39, 0.29) is 5.95 Å². The molecule has 0 saturated heterocycles. The molecule has 0 saturated carbocycles. The van der Waals surface area contributed by atoms with Crippen LogP contribution < -0.4 is 5.73 Å². The Morgan fingerprint density at radius 3 is 3.00 bits per heavy atom. The molecular formula is C7H11N3O. The minimum atomic E-state index is -0.528. The van der Waals surface area contributed by atoms with Crippen LogP contribution in [0.5, 0.6) is 0 Å². The third-order valence-corrected chi connectivity index (χ3v) is 1.42. The lowest BCUT2D eigenvalue weighted by molar-refractivity contribution is 0.169. The Bertz CT molecular complexity index is 239. The predicted octanol–water partition coefficient (Wildman–Crippen LogP) is 0.502. The van der Waals surface area contributed by atoms with Gasteiger partial charge in [-0.15, -0.1) is 0 Å². The van der Waals surface area contributed by atoms with Crippen molar-refractivity contribution in [2.75, 3.05) is 5.73 Å². The van der Waals surface area contributed by atoms with Gasteiger partial charge in [-0.25, -0.2) is 9.97 Å². The summed E-state index contributed by atoms with van der Waals surface area (Å²) in [7, 11) is 0. The average Bonchev–Trinajstić information content (AvgIpc) is 2.03. The summed E-state index contributed by atoms with van der Waals surface area (Å²) in [6.07, 6.45) is 1.65. The maximum absolute atomic E-state index is 9.31. The lowest BCUT2D eigenvalue weighted by atomic mass is 10.2. The molecule has 11 heavy (non-hydrogen) atoms.